The van der Waals surface area contributed by atoms with Gasteiger partial charge in [-0.3, -0.25) is 4.79 Å². The van der Waals surface area contributed by atoms with Crippen molar-refractivity contribution in [1.82, 2.24) is 9.88 Å². The smallest absolute Gasteiger partial charge is 0.253 e. The first-order valence-electron chi connectivity index (χ1n) is 11.2. The fourth-order valence-electron chi connectivity index (χ4n) is 4.46. The van der Waals surface area contributed by atoms with Crippen LogP contribution in [0.5, 0.6) is 0 Å². The predicted octanol–water partition coefficient (Wildman–Crippen LogP) is 5.97. The maximum absolute atomic E-state index is 13.5. The SMILES string of the molecule is NCc1cc2cc(-c3ccc(C(=O)N4CCC(F)(F)CC4)cc3)cc(-c3ccc(F)cc3)c2[nH]1. The highest BCUT2D eigenvalue weighted by atomic mass is 19.3. The van der Waals surface area contributed by atoms with E-state index in [0.717, 1.165) is 38.9 Å². The van der Waals surface area contributed by atoms with Gasteiger partial charge in [-0.15, -0.1) is 0 Å². The van der Waals surface area contributed by atoms with E-state index in [4.69, 9.17) is 5.73 Å². The van der Waals surface area contributed by atoms with Gasteiger partial charge in [-0.1, -0.05) is 24.3 Å². The van der Waals surface area contributed by atoms with E-state index in [1.807, 2.05) is 30.3 Å². The Labute approximate surface area is 195 Å². The van der Waals surface area contributed by atoms with Crippen LogP contribution in [-0.2, 0) is 6.54 Å². The molecular formula is C27H24F3N3O. The molecule has 0 saturated carbocycles. The number of aromatic amines is 1. The zero-order chi connectivity index (χ0) is 23.9. The molecule has 0 atom stereocenters. The largest absolute Gasteiger partial charge is 0.357 e. The number of H-pyrrole nitrogens is 1. The summed E-state index contributed by atoms with van der Waals surface area (Å²) in [5.41, 5.74) is 11.7. The van der Waals surface area contributed by atoms with Crippen LogP contribution in [-0.4, -0.2) is 34.8 Å². The molecule has 4 nitrogen and oxygen atoms in total. The molecular weight excluding hydrogens is 439 g/mol. The summed E-state index contributed by atoms with van der Waals surface area (Å²) < 4.78 is 40.4. The lowest BCUT2D eigenvalue weighted by Crippen LogP contribution is -2.42. The van der Waals surface area contributed by atoms with Gasteiger partial charge in [-0.25, -0.2) is 13.2 Å². The number of nitrogens with two attached hydrogens (primary N) is 1. The number of alkyl halides is 2. The van der Waals surface area contributed by atoms with E-state index >= 15 is 0 Å². The fraction of sp³-hybridized carbons (Fsp3) is 0.222. The molecule has 0 radical (unpaired) electrons. The number of hydrogen-bond donors (Lipinski definition) is 2. The van der Waals surface area contributed by atoms with Crippen molar-refractivity contribution < 1.29 is 18.0 Å². The number of nitrogens with one attached hydrogen (secondary N) is 1. The quantitative estimate of drug-likeness (QED) is 0.392. The van der Waals surface area contributed by atoms with Crippen LogP contribution in [0.4, 0.5) is 13.2 Å². The van der Waals surface area contributed by atoms with E-state index < -0.39 is 5.92 Å². The van der Waals surface area contributed by atoms with Gasteiger partial charge >= 0.3 is 0 Å². The minimum atomic E-state index is -2.69. The number of rotatable bonds is 4. The second-order valence-corrected chi connectivity index (χ2v) is 8.72. The minimum Gasteiger partial charge on any atom is -0.357 e. The lowest BCUT2D eigenvalue weighted by Gasteiger charge is -2.31. The van der Waals surface area contributed by atoms with Crippen LogP contribution in [0.25, 0.3) is 33.2 Å². The van der Waals surface area contributed by atoms with Crippen molar-refractivity contribution in [3.63, 3.8) is 0 Å². The van der Waals surface area contributed by atoms with Gasteiger partial charge in [0.25, 0.3) is 11.8 Å². The molecule has 3 aromatic carbocycles. The first-order chi connectivity index (χ1) is 16.3. The molecule has 4 aromatic rings. The first-order valence-corrected chi connectivity index (χ1v) is 11.2. The zero-order valence-corrected chi connectivity index (χ0v) is 18.5. The number of nitrogens with zero attached hydrogens (tertiary/aromatic N) is 1. The Kier molecular flexibility index (Phi) is 5.65. The zero-order valence-electron chi connectivity index (χ0n) is 18.5. The minimum absolute atomic E-state index is 0.0578. The summed E-state index contributed by atoms with van der Waals surface area (Å²) in [6.45, 7) is 0.483. The highest BCUT2D eigenvalue weighted by Crippen LogP contribution is 2.35. The monoisotopic (exact) mass is 463 g/mol. The van der Waals surface area contributed by atoms with Crippen LogP contribution in [0.15, 0.2) is 66.7 Å². The molecule has 1 fully saturated rings. The molecule has 5 rings (SSSR count). The third kappa shape index (κ3) is 4.31. The maximum Gasteiger partial charge on any atom is 0.253 e. The van der Waals surface area contributed by atoms with Gasteiger partial charge in [0.2, 0.25) is 0 Å². The van der Waals surface area contributed by atoms with Crippen molar-refractivity contribution in [1.29, 1.82) is 0 Å². The summed E-state index contributed by atoms with van der Waals surface area (Å²) >= 11 is 0. The van der Waals surface area contributed by atoms with Crippen LogP contribution in [0, 0.1) is 5.82 Å². The van der Waals surface area contributed by atoms with Gasteiger partial charge in [-0.05, 0) is 59.2 Å². The Morgan fingerprint density at radius 2 is 1.56 bits per heavy atom. The molecule has 1 aliphatic rings. The highest BCUT2D eigenvalue weighted by molar-refractivity contribution is 5.99. The van der Waals surface area contributed by atoms with Crippen molar-refractivity contribution in [2.75, 3.05) is 13.1 Å². The molecule has 1 saturated heterocycles. The summed E-state index contributed by atoms with van der Waals surface area (Å²) in [5.74, 6) is -3.23. The summed E-state index contributed by atoms with van der Waals surface area (Å²) in [7, 11) is 0. The molecule has 34 heavy (non-hydrogen) atoms. The molecule has 0 unspecified atom stereocenters. The Morgan fingerprint density at radius 3 is 2.21 bits per heavy atom. The number of amides is 1. The van der Waals surface area contributed by atoms with Crippen LogP contribution in [0.3, 0.4) is 0 Å². The van der Waals surface area contributed by atoms with Gasteiger partial charge < -0.3 is 15.6 Å². The van der Waals surface area contributed by atoms with Gasteiger partial charge in [0, 0.05) is 54.7 Å². The second-order valence-electron chi connectivity index (χ2n) is 8.72. The summed E-state index contributed by atoms with van der Waals surface area (Å²) in [5, 5.41) is 0.978. The van der Waals surface area contributed by atoms with Gasteiger partial charge in [-0.2, -0.15) is 0 Å². The number of piperidine rings is 1. The molecule has 174 valence electrons. The van der Waals surface area contributed by atoms with Gasteiger partial charge in [0.15, 0.2) is 0 Å². The van der Waals surface area contributed by atoms with E-state index in [1.165, 1.54) is 17.0 Å². The lowest BCUT2D eigenvalue weighted by atomic mass is 9.95. The van der Waals surface area contributed by atoms with Crippen molar-refractivity contribution in [2.24, 2.45) is 5.73 Å². The Morgan fingerprint density at radius 1 is 0.912 bits per heavy atom. The number of halogens is 3. The van der Waals surface area contributed by atoms with Gasteiger partial charge in [0.05, 0.1) is 5.52 Å². The number of carbonyl (C=O) groups excluding carboxylic acids is 1. The van der Waals surface area contributed by atoms with Crippen LogP contribution >= 0.6 is 0 Å². The van der Waals surface area contributed by atoms with Crippen LogP contribution in [0.2, 0.25) is 0 Å². The molecule has 0 aliphatic carbocycles. The van der Waals surface area contributed by atoms with E-state index in [2.05, 4.69) is 4.98 Å². The summed E-state index contributed by atoms with van der Waals surface area (Å²) in [4.78, 5) is 17.6. The Balaban J connectivity index is 1.48. The number of hydrogen-bond acceptors (Lipinski definition) is 2. The van der Waals surface area contributed by atoms with Crippen LogP contribution < -0.4 is 5.73 Å². The van der Waals surface area contributed by atoms with E-state index in [9.17, 15) is 18.0 Å². The molecule has 0 spiro atoms. The Bertz CT molecular complexity index is 1330. The number of carbonyl (C=O) groups is 1. The number of likely N-dealkylation sites (tertiary alicyclic amines) is 1. The lowest BCUT2D eigenvalue weighted by molar-refractivity contribution is -0.0494. The average molecular weight is 464 g/mol. The molecule has 0 bridgehead atoms. The van der Waals surface area contributed by atoms with Crippen molar-refractivity contribution in [2.45, 2.75) is 25.3 Å². The van der Waals surface area contributed by atoms with Crippen LogP contribution in [0.1, 0.15) is 28.9 Å². The predicted molar refractivity (Wildman–Crippen MR) is 127 cm³/mol. The molecule has 3 N–H and O–H groups in total. The molecule has 1 aliphatic heterocycles. The highest BCUT2D eigenvalue weighted by Gasteiger charge is 2.35. The third-order valence-corrected chi connectivity index (χ3v) is 6.41. The maximum atomic E-state index is 13.5. The number of aromatic nitrogens is 1. The molecule has 2 heterocycles. The number of fused-ring (bicyclic) bond motifs is 1. The summed E-state index contributed by atoms with van der Waals surface area (Å²) in [6, 6.07) is 19.6. The fourth-order valence-corrected chi connectivity index (χ4v) is 4.46. The average Bonchev–Trinajstić information content (AvgIpc) is 3.27. The summed E-state index contributed by atoms with van der Waals surface area (Å²) in [6.07, 6.45) is -0.602. The normalized spacial score (nSPS) is 15.6. The molecule has 1 amide bonds. The third-order valence-electron chi connectivity index (χ3n) is 6.41. The second kappa shape index (κ2) is 8.65. The molecule has 7 heteroatoms. The van der Waals surface area contributed by atoms with Gasteiger partial charge in [0.1, 0.15) is 5.82 Å². The first kappa shape index (κ1) is 22.2. The standard InChI is InChI=1S/C27H24F3N3O/c28-22-7-5-18(6-8-22)24-15-20(13-21-14-23(16-31)32-25(21)24)17-1-3-19(4-2-17)26(34)33-11-9-27(29,30)10-12-33/h1-8,13-15,32H,9-12,16,31H2. The Hall–Kier alpha value is -3.58. The van der Waals surface area contributed by atoms with E-state index in [0.29, 0.717) is 12.1 Å². The van der Waals surface area contributed by atoms with E-state index in [1.54, 1.807) is 24.3 Å². The van der Waals surface area contributed by atoms with Crippen molar-refractivity contribution >= 4 is 16.8 Å². The molecule has 1 aromatic heterocycles. The van der Waals surface area contributed by atoms with E-state index in [-0.39, 0.29) is 37.7 Å². The van der Waals surface area contributed by atoms with Crippen molar-refractivity contribution in [3.8, 4) is 22.3 Å². The van der Waals surface area contributed by atoms with Crippen molar-refractivity contribution in [3.05, 3.63) is 83.8 Å². The number of benzene rings is 3. The topological polar surface area (TPSA) is 62.1 Å².